The molecule has 3 aliphatic rings. The molecule has 3 heterocycles. The van der Waals surface area contributed by atoms with Crippen molar-refractivity contribution in [2.24, 2.45) is 11.8 Å². The van der Waals surface area contributed by atoms with E-state index in [1.165, 1.54) is 31.2 Å². The van der Waals surface area contributed by atoms with Gasteiger partial charge in [-0.05, 0) is 24.8 Å². The first-order chi connectivity index (χ1) is 11.8. The molecule has 0 N–H and O–H groups in total. The standard InChI is InChI=1S/C19H28N2O3/c22-19(9-15-3-1-2-4-15)21-12-17-11-20(6-8-24-18(17)13-21)10-16-5-7-23-14-16/h5,7,14-15,17-18H,1-4,6,8-13H2/t17-,18+/m0/s1. The monoisotopic (exact) mass is 332 g/mol. The van der Waals surface area contributed by atoms with Crippen molar-refractivity contribution in [1.82, 2.24) is 9.80 Å². The van der Waals surface area contributed by atoms with Gasteiger partial charge in [-0.2, -0.15) is 0 Å². The summed E-state index contributed by atoms with van der Waals surface area (Å²) in [4.78, 5) is 17.1. The van der Waals surface area contributed by atoms with E-state index in [4.69, 9.17) is 9.15 Å². The van der Waals surface area contributed by atoms with Gasteiger partial charge in [0.1, 0.15) is 0 Å². The third kappa shape index (κ3) is 3.67. The van der Waals surface area contributed by atoms with Crippen molar-refractivity contribution < 1.29 is 13.9 Å². The second kappa shape index (κ2) is 7.28. The van der Waals surface area contributed by atoms with E-state index in [1.807, 2.05) is 12.3 Å². The Labute approximate surface area is 143 Å². The molecule has 5 nitrogen and oxygen atoms in total. The molecule has 4 rings (SSSR count). The van der Waals surface area contributed by atoms with E-state index in [2.05, 4.69) is 9.80 Å². The summed E-state index contributed by atoms with van der Waals surface area (Å²) in [5.41, 5.74) is 1.21. The number of ether oxygens (including phenoxy) is 1. The number of rotatable bonds is 4. The number of likely N-dealkylation sites (tertiary alicyclic amines) is 1. The second-order valence-corrected chi connectivity index (χ2v) is 7.69. The summed E-state index contributed by atoms with van der Waals surface area (Å²) >= 11 is 0. The third-order valence-electron chi connectivity index (χ3n) is 5.89. The zero-order valence-corrected chi connectivity index (χ0v) is 14.4. The molecular formula is C19H28N2O3. The van der Waals surface area contributed by atoms with Crippen LogP contribution in [0.3, 0.4) is 0 Å². The van der Waals surface area contributed by atoms with Crippen LogP contribution in [0.1, 0.15) is 37.7 Å². The Bertz CT molecular complexity index is 539. The number of hydrogen-bond donors (Lipinski definition) is 0. The second-order valence-electron chi connectivity index (χ2n) is 7.69. The maximum absolute atomic E-state index is 12.6. The number of amides is 1. The molecule has 2 atom stereocenters. The van der Waals surface area contributed by atoms with Gasteiger partial charge in [-0.15, -0.1) is 0 Å². The molecule has 1 amide bonds. The van der Waals surface area contributed by atoms with Crippen LogP contribution in [0.25, 0.3) is 0 Å². The number of nitrogens with zero attached hydrogens (tertiary/aromatic N) is 2. The molecule has 24 heavy (non-hydrogen) atoms. The topological polar surface area (TPSA) is 45.9 Å². The van der Waals surface area contributed by atoms with Gasteiger partial charge in [0.15, 0.2) is 0 Å². The molecule has 5 heteroatoms. The lowest BCUT2D eigenvalue weighted by atomic mass is 10.0. The maximum atomic E-state index is 12.6. The van der Waals surface area contributed by atoms with Gasteiger partial charge in [-0.1, -0.05) is 12.8 Å². The molecule has 0 spiro atoms. The van der Waals surface area contributed by atoms with Crippen molar-refractivity contribution in [3.63, 3.8) is 0 Å². The zero-order chi connectivity index (χ0) is 16.4. The average molecular weight is 332 g/mol. The Morgan fingerprint density at radius 3 is 2.88 bits per heavy atom. The molecule has 1 aliphatic carbocycles. The Morgan fingerprint density at radius 1 is 1.21 bits per heavy atom. The van der Waals surface area contributed by atoms with E-state index in [0.717, 1.165) is 45.8 Å². The van der Waals surface area contributed by atoms with Crippen molar-refractivity contribution >= 4 is 5.91 Å². The number of furan rings is 1. The largest absolute Gasteiger partial charge is 0.472 e. The first-order valence-electron chi connectivity index (χ1n) is 9.41. The van der Waals surface area contributed by atoms with Crippen molar-refractivity contribution in [2.45, 2.75) is 44.8 Å². The van der Waals surface area contributed by atoms with Gasteiger partial charge in [-0.25, -0.2) is 0 Å². The lowest BCUT2D eigenvalue weighted by Crippen LogP contribution is -2.34. The van der Waals surface area contributed by atoms with E-state index >= 15 is 0 Å². The average Bonchev–Trinajstić information content (AvgIpc) is 3.29. The smallest absolute Gasteiger partial charge is 0.222 e. The summed E-state index contributed by atoms with van der Waals surface area (Å²) in [6, 6.07) is 2.02. The molecule has 0 bridgehead atoms. The first kappa shape index (κ1) is 16.2. The summed E-state index contributed by atoms with van der Waals surface area (Å²) in [5.74, 6) is 1.41. The molecule has 0 unspecified atom stereocenters. The number of hydrogen-bond acceptors (Lipinski definition) is 4. The fourth-order valence-corrected chi connectivity index (χ4v) is 4.54. The minimum atomic E-state index is 0.215. The van der Waals surface area contributed by atoms with Crippen LogP contribution in [0, 0.1) is 11.8 Å². The quantitative estimate of drug-likeness (QED) is 0.850. The Morgan fingerprint density at radius 2 is 2.08 bits per heavy atom. The van der Waals surface area contributed by atoms with Crippen LogP contribution in [-0.4, -0.2) is 54.6 Å². The van der Waals surface area contributed by atoms with Gasteiger partial charge < -0.3 is 14.1 Å². The number of fused-ring (bicyclic) bond motifs is 1. The molecular weight excluding hydrogens is 304 g/mol. The molecule has 3 fully saturated rings. The maximum Gasteiger partial charge on any atom is 0.222 e. The van der Waals surface area contributed by atoms with E-state index in [1.54, 1.807) is 6.26 Å². The molecule has 1 saturated carbocycles. The molecule has 1 aromatic rings. The lowest BCUT2D eigenvalue weighted by Gasteiger charge is -2.23. The molecule has 0 radical (unpaired) electrons. The summed E-state index contributed by atoms with van der Waals surface area (Å²) in [6.45, 7) is 5.26. The predicted molar refractivity (Wildman–Crippen MR) is 90.4 cm³/mol. The highest BCUT2D eigenvalue weighted by atomic mass is 16.5. The summed E-state index contributed by atoms with van der Waals surface area (Å²) in [6.07, 6.45) is 9.58. The van der Waals surface area contributed by atoms with Gasteiger partial charge in [0.05, 0.1) is 25.2 Å². The van der Waals surface area contributed by atoms with Gasteiger partial charge in [-0.3, -0.25) is 9.69 Å². The molecule has 132 valence electrons. The van der Waals surface area contributed by atoms with E-state index in [0.29, 0.717) is 17.7 Å². The third-order valence-corrected chi connectivity index (χ3v) is 5.89. The Kier molecular flexibility index (Phi) is 4.90. The van der Waals surface area contributed by atoms with Crippen LogP contribution in [0.15, 0.2) is 23.0 Å². The van der Waals surface area contributed by atoms with Crippen LogP contribution >= 0.6 is 0 Å². The Hall–Kier alpha value is -1.33. The first-order valence-corrected chi connectivity index (χ1v) is 9.41. The van der Waals surface area contributed by atoms with Crippen LogP contribution in [0.4, 0.5) is 0 Å². The molecule has 1 aromatic heterocycles. The van der Waals surface area contributed by atoms with E-state index in [-0.39, 0.29) is 6.10 Å². The van der Waals surface area contributed by atoms with Crippen molar-refractivity contribution in [1.29, 1.82) is 0 Å². The van der Waals surface area contributed by atoms with E-state index in [9.17, 15) is 4.79 Å². The summed E-state index contributed by atoms with van der Waals surface area (Å²) in [7, 11) is 0. The highest BCUT2D eigenvalue weighted by Gasteiger charge is 2.38. The molecule has 2 aliphatic heterocycles. The van der Waals surface area contributed by atoms with Gasteiger partial charge in [0.2, 0.25) is 5.91 Å². The minimum absolute atomic E-state index is 0.215. The van der Waals surface area contributed by atoms with E-state index < -0.39 is 0 Å². The van der Waals surface area contributed by atoms with Gasteiger partial charge >= 0.3 is 0 Å². The van der Waals surface area contributed by atoms with Crippen LogP contribution < -0.4 is 0 Å². The number of carbonyl (C=O) groups is 1. The van der Waals surface area contributed by atoms with Crippen LogP contribution in [0.5, 0.6) is 0 Å². The number of carbonyl (C=O) groups excluding carboxylic acids is 1. The normalized spacial score (nSPS) is 28.9. The fraction of sp³-hybridized carbons (Fsp3) is 0.737. The zero-order valence-electron chi connectivity index (χ0n) is 14.4. The highest BCUT2D eigenvalue weighted by Crippen LogP contribution is 2.30. The van der Waals surface area contributed by atoms with Gasteiger partial charge in [0, 0.05) is 50.6 Å². The summed E-state index contributed by atoms with van der Waals surface area (Å²) < 4.78 is 11.2. The van der Waals surface area contributed by atoms with Crippen LogP contribution in [-0.2, 0) is 16.1 Å². The lowest BCUT2D eigenvalue weighted by molar-refractivity contribution is -0.131. The van der Waals surface area contributed by atoms with Crippen LogP contribution in [0.2, 0.25) is 0 Å². The highest BCUT2D eigenvalue weighted by molar-refractivity contribution is 5.76. The van der Waals surface area contributed by atoms with Crippen molar-refractivity contribution in [3.8, 4) is 0 Å². The predicted octanol–water partition coefficient (Wildman–Crippen LogP) is 2.52. The molecule has 0 aromatic carbocycles. The SMILES string of the molecule is O=C(CC1CCCC1)N1C[C@@H]2CN(Cc3ccoc3)CCO[C@@H]2C1. The van der Waals surface area contributed by atoms with Crippen molar-refractivity contribution in [3.05, 3.63) is 24.2 Å². The van der Waals surface area contributed by atoms with Gasteiger partial charge in [0.25, 0.3) is 0 Å². The summed E-state index contributed by atoms with van der Waals surface area (Å²) in [5, 5.41) is 0. The Balaban J connectivity index is 1.32. The van der Waals surface area contributed by atoms with Crippen molar-refractivity contribution in [2.75, 3.05) is 32.8 Å². The molecule has 2 saturated heterocycles. The fourth-order valence-electron chi connectivity index (χ4n) is 4.54. The minimum Gasteiger partial charge on any atom is -0.472 e.